The number of rotatable bonds is 7. The van der Waals surface area contributed by atoms with Crippen molar-refractivity contribution in [3.63, 3.8) is 0 Å². The maximum atomic E-state index is 12.1. The van der Waals surface area contributed by atoms with Gasteiger partial charge >= 0.3 is 11.9 Å². The van der Waals surface area contributed by atoms with Gasteiger partial charge in [0.25, 0.3) is 5.91 Å². The predicted molar refractivity (Wildman–Crippen MR) is 103 cm³/mol. The molecule has 0 aliphatic carbocycles. The number of carbonyl (C=O) groups is 3. The van der Waals surface area contributed by atoms with Crippen LogP contribution in [0.25, 0.3) is 0 Å². The van der Waals surface area contributed by atoms with Gasteiger partial charge in [-0.3, -0.25) is 4.79 Å². The SMILES string of the molecule is COC(=O)c1ccc(C)c(NC(=O)COC(=O)[C@H](C)Oc2ccc(C#N)cc2)c1. The molecule has 8 heteroatoms. The Kier molecular flexibility index (Phi) is 7.32. The first-order chi connectivity index (χ1) is 13.8. The van der Waals surface area contributed by atoms with Crippen LogP contribution in [0.15, 0.2) is 42.5 Å². The molecule has 0 saturated carbocycles. The summed E-state index contributed by atoms with van der Waals surface area (Å²) in [5.41, 5.74) is 1.90. The zero-order chi connectivity index (χ0) is 21.4. The Balaban J connectivity index is 1.88. The van der Waals surface area contributed by atoms with Crippen molar-refractivity contribution in [3.05, 3.63) is 59.2 Å². The van der Waals surface area contributed by atoms with Crippen molar-refractivity contribution < 1.29 is 28.6 Å². The molecule has 0 bridgehead atoms. The van der Waals surface area contributed by atoms with Gasteiger partial charge in [-0.05, 0) is 55.8 Å². The standard InChI is InChI=1S/C21H20N2O6/c1-13-4-7-16(21(26)27-3)10-18(13)23-19(24)12-28-20(25)14(2)29-17-8-5-15(11-22)6-9-17/h4-10,14H,12H2,1-3H3,(H,23,24)/t14-/m0/s1. The second kappa shape index (κ2) is 9.90. The molecule has 0 spiro atoms. The summed E-state index contributed by atoms with van der Waals surface area (Å²) in [6.45, 7) is 2.74. The van der Waals surface area contributed by atoms with Crippen LogP contribution in [0.1, 0.15) is 28.4 Å². The van der Waals surface area contributed by atoms with Crippen LogP contribution in [0, 0.1) is 18.3 Å². The predicted octanol–water partition coefficient (Wildman–Crippen LogP) is 2.60. The van der Waals surface area contributed by atoms with Crippen molar-refractivity contribution in [2.75, 3.05) is 19.0 Å². The number of anilines is 1. The second-order valence-electron chi connectivity index (χ2n) is 6.07. The van der Waals surface area contributed by atoms with Crippen LogP contribution in [0.2, 0.25) is 0 Å². The third-order valence-corrected chi connectivity index (χ3v) is 3.91. The normalized spacial score (nSPS) is 11.0. The van der Waals surface area contributed by atoms with Gasteiger partial charge in [-0.25, -0.2) is 9.59 Å². The molecule has 0 aliphatic heterocycles. The molecule has 0 heterocycles. The van der Waals surface area contributed by atoms with Crippen molar-refractivity contribution in [1.82, 2.24) is 0 Å². The van der Waals surface area contributed by atoms with Crippen LogP contribution in [0.5, 0.6) is 5.75 Å². The van der Waals surface area contributed by atoms with Gasteiger partial charge in [-0.15, -0.1) is 0 Å². The number of hydrogen-bond donors (Lipinski definition) is 1. The largest absolute Gasteiger partial charge is 0.479 e. The van der Waals surface area contributed by atoms with Crippen molar-refractivity contribution in [3.8, 4) is 11.8 Å². The van der Waals surface area contributed by atoms with Crippen molar-refractivity contribution in [2.45, 2.75) is 20.0 Å². The van der Waals surface area contributed by atoms with E-state index in [1.54, 1.807) is 43.3 Å². The summed E-state index contributed by atoms with van der Waals surface area (Å²) in [6, 6.07) is 13.0. The molecule has 1 N–H and O–H groups in total. The van der Waals surface area contributed by atoms with E-state index in [9.17, 15) is 14.4 Å². The summed E-state index contributed by atoms with van der Waals surface area (Å²) >= 11 is 0. The summed E-state index contributed by atoms with van der Waals surface area (Å²) in [5, 5.41) is 11.4. The number of aryl methyl sites for hydroxylation is 1. The van der Waals surface area contributed by atoms with Crippen LogP contribution in [-0.4, -0.2) is 37.7 Å². The van der Waals surface area contributed by atoms with E-state index >= 15 is 0 Å². The molecule has 2 rings (SSSR count). The van der Waals surface area contributed by atoms with Gasteiger partial charge in [0.15, 0.2) is 12.7 Å². The van der Waals surface area contributed by atoms with Crippen LogP contribution >= 0.6 is 0 Å². The minimum atomic E-state index is -0.944. The smallest absolute Gasteiger partial charge is 0.347 e. The number of nitriles is 1. The Bertz CT molecular complexity index is 947. The number of benzene rings is 2. The lowest BCUT2D eigenvalue weighted by molar-refractivity contribution is -0.153. The third kappa shape index (κ3) is 6.07. The van der Waals surface area contributed by atoms with Crippen molar-refractivity contribution in [1.29, 1.82) is 5.26 Å². The highest BCUT2D eigenvalue weighted by molar-refractivity contribution is 5.96. The first-order valence-electron chi connectivity index (χ1n) is 8.66. The molecule has 0 aliphatic rings. The topological polar surface area (TPSA) is 115 Å². The number of ether oxygens (including phenoxy) is 3. The molecule has 0 fully saturated rings. The monoisotopic (exact) mass is 396 g/mol. The van der Waals surface area contributed by atoms with Gasteiger partial charge in [-0.2, -0.15) is 5.26 Å². The summed E-state index contributed by atoms with van der Waals surface area (Å²) in [6.07, 6.45) is -0.944. The average molecular weight is 396 g/mol. The van der Waals surface area contributed by atoms with E-state index in [2.05, 4.69) is 10.1 Å². The van der Waals surface area contributed by atoms with Crippen LogP contribution in [-0.2, 0) is 19.1 Å². The Hall–Kier alpha value is -3.86. The second-order valence-corrected chi connectivity index (χ2v) is 6.07. The van der Waals surface area contributed by atoms with Gasteiger partial charge < -0.3 is 19.5 Å². The number of amides is 1. The van der Waals surface area contributed by atoms with Crippen LogP contribution < -0.4 is 10.1 Å². The fourth-order valence-electron chi connectivity index (χ4n) is 2.30. The number of carbonyl (C=O) groups excluding carboxylic acids is 3. The maximum absolute atomic E-state index is 12.1. The molecule has 0 saturated heterocycles. The molecule has 2 aromatic carbocycles. The van der Waals surface area contributed by atoms with Crippen LogP contribution in [0.3, 0.4) is 0 Å². The van der Waals surface area contributed by atoms with E-state index in [0.29, 0.717) is 17.0 Å². The van der Waals surface area contributed by atoms with Crippen molar-refractivity contribution >= 4 is 23.5 Å². The first kappa shape index (κ1) is 21.4. The molecule has 8 nitrogen and oxygen atoms in total. The number of esters is 2. The number of nitrogens with zero attached hydrogens (tertiary/aromatic N) is 1. The van der Waals surface area contributed by atoms with E-state index in [1.807, 2.05) is 6.07 Å². The zero-order valence-corrected chi connectivity index (χ0v) is 16.2. The van der Waals surface area contributed by atoms with Gasteiger partial charge in [-0.1, -0.05) is 6.07 Å². The first-order valence-corrected chi connectivity index (χ1v) is 8.66. The molecule has 29 heavy (non-hydrogen) atoms. The Morgan fingerprint density at radius 2 is 1.83 bits per heavy atom. The summed E-state index contributed by atoms with van der Waals surface area (Å²) in [4.78, 5) is 35.7. The molecule has 0 radical (unpaired) electrons. The Morgan fingerprint density at radius 1 is 1.14 bits per heavy atom. The minimum Gasteiger partial charge on any atom is -0.479 e. The van der Waals surface area contributed by atoms with Gasteiger partial charge in [0.1, 0.15) is 5.75 Å². The Morgan fingerprint density at radius 3 is 2.45 bits per heavy atom. The van der Waals surface area contributed by atoms with Gasteiger partial charge in [0.2, 0.25) is 0 Å². The van der Waals surface area contributed by atoms with E-state index in [4.69, 9.17) is 14.7 Å². The maximum Gasteiger partial charge on any atom is 0.347 e. The number of hydrogen-bond acceptors (Lipinski definition) is 7. The van der Waals surface area contributed by atoms with E-state index in [1.165, 1.54) is 20.1 Å². The lowest BCUT2D eigenvalue weighted by Crippen LogP contribution is -2.29. The summed E-state index contributed by atoms with van der Waals surface area (Å²) in [5.74, 6) is -1.41. The third-order valence-electron chi connectivity index (χ3n) is 3.91. The highest BCUT2D eigenvalue weighted by Crippen LogP contribution is 2.18. The Labute approximate surface area is 168 Å². The lowest BCUT2D eigenvalue weighted by atomic mass is 10.1. The quantitative estimate of drug-likeness (QED) is 0.715. The lowest BCUT2D eigenvalue weighted by Gasteiger charge is -2.14. The van der Waals surface area contributed by atoms with Gasteiger partial charge in [0.05, 0.1) is 24.3 Å². The average Bonchev–Trinajstić information content (AvgIpc) is 2.73. The molecule has 2 aromatic rings. The fraction of sp³-hybridized carbons (Fsp3) is 0.238. The molecular weight excluding hydrogens is 376 g/mol. The highest BCUT2D eigenvalue weighted by Gasteiger charge is 2.18. The number of nitrogens with one attached hydrogen (secondary N) is 1. The van der Waals surface area contributed by atoms with E-state index in [-0.39, 0.29) is 5.56 Å². The molecule has 1 atom stereocenters. The summed E-state index contributed by atoms with van der Waals surface area (Å²) in [7, 11) is 1.26. The van der Waals surface area contributed by atoms with Gasteiger partial charge in [0, 0.05) is 5.69 Å². The minimum absolute atomic E-state index is 0.287. The number of methoxy groups -OCH3 is 1. The highest BCUT2D eigenvalue weighted by atomic mass is 16.6. The van der Waals surface area contributed by atoms with E-state index < -0.39 is 30.6 Å². The molecule has 1 amide bonds. The molecule has 150 valence electrons. The van der Waals surface area contributed by atoms with Crippen molar-refractivity contribution in [2.24, 2.45) is 0 Å². The summed E-state index contributed by atoms with van der Waals surface area (Å²) < 4.78 is 15.1. The molecule has 0 unspecified atom stereocenters. The fourth-order valence-corrected chi connectivity index (χ4v) is 2.30. The zero-order valence-electron chi connectivity index (χ0n) is 16.2. The van der Waals surface area contributed by atoms with E-state index in [0.717, 1.165) is 5.56 Å². The molecule has 0 aromatic heterocycles. The molecular formula is C21H20N2O6. The van der Waals surface area contributed by atoms with Crippen LogP contribution in [0.4, 0.5) is 5.69 Å².